The average Bonchev–Trinajstić information content (AvgIpc) is 2.44. The van der Waals surface area contributed by atoms with E-state index in [1.54, 1.807) is 6.21 Å². The van der Waals surface area contributed by atoms with Crippen LogP contribution in [0.1, 0.15) is 58.2 Å². The van der Waals surface area contributed by atoms with E-state index in [1.165, 1.54) is 5.56 Å². The number of rotatable bonds is 2. The van der Waals surface area contributed by atoms with E-state index in [1.807, 2.05) is 36.4 Å². The third-order valence-electron chi connectivity index (χ3n) is 3.92. The molecular formula is C21H27NO. The fraction of sp³-hybridized carbons (Fsp3) is 0.381. The summed E-state index contributed by atoms with van der Waals surface area (Å²) in [7, 11) is 0. The third-order valence-corrected chi connectivity index (χ3v) is 3.92. The third kappa shape index (κ3) is 4.22. The first-order valence-electron chi connectivity index (χ1n) is 8.06. The Bertz CT molecular complexity index is 701. The summed E-state index contributed by atoms with van der Waals surface area (Å²) in [5.74, 6) is 0.324. The molecule has 2 aromatic carbocycles. The molecule has 1 N–H and O–H groups in total. The van der Waals surface area contributed by atoms with E-state index in [0.29, 0.717) is 5.75 Å². The highest BCUT2D eigenvalue weighted by atomic mass is 16.3. The second-order valence-electron chi connectivity index (χ2n) is 8.06. The van der Waals surface area contributed by atoms with Crippen LogP contribution in [0, 0.1) is 0 Å². The van der Waals surface area contributed by atoms with Crippen molar-refractivity contribution in [2.45, 2.75) is 52.4 Å². The monoisotopic (exact) mass is 309 g/mol. The number of aromatic hydroxyl groups is 1. The minimum Gasteiger partial charge on any atom is -0.507 e. The van der Waals surface area contributed by atoms with Crippen LogP contribution in [0.5, 0.6) is 5.75 Å². The van der Waals surface area contributed by atoms with Gasteiger partial charge < -0.3 is 5.11 Å². The maximum absolute atomic E-state index is 10.7. The highest BCUT2D eigenvalue weighted by molar-refractivity contribution is 5.86. The molecule has 0 bridgehead atoms. The van der Waals surface area contributed by atoms with Gasteiger partial charge in [-0.05, 0) is 34.6 Å². The molecule has 0 fully saturated rings. The number of nitrogens with zero attached hydrogens (tertiary/aromatic N) is 1. The van der Waals surface area contributed by atoms with Gasteiger partial charge >= 0.3 is 0 Å². The number of hydrogen-bond donors (Lipinski definition) is 1. The van der Waals surface area contributed by atoms with Crippen LogP contribution in [0.4, 0.5) is 5.69 Å². The van der Waals surface area contributed by atoms with Gasteiger partial charge in [0.15, 0.2) is 0 Å². The first-order valence-corrected chi connectivity index (χ1v) is 8.06. The summed E-state index contributed by atoms with van der Waals surface area (Å²) in [5.41, 5.74) is 3.70. The van der Waals surface area contributed by atoms with Gasteiger partial charge in [0.25, 0.3) is 0 Å². The second kappa shape index (κ2) is 6.19. The molecule has 0 aliphatic heterocycles. The summed E-state index contributed by atoms with van der Waals surface area (Å²) in [5, 5.41) is 10.7. The van der Waals surface area contributed by atoms with Crippen LogP contribution in [0.3, 0.4) is 0 Å². The van der Waals surface area contributed by atoms with E-state index in [9.17, 15) is 5.11 Å². The molecule has 0 radical (unpaired) electrons. The number of hydrogen-bond acceptors (Lipinski definition) is 2. The van der Waals surface area contributed by atoms with E-state index in [0.717, 1.165) is 16.8 Å². The maximum atomic E-state index is 10.7. The van der Waals surface area contributed by atoms with E-state index < -0.39 is 0 Å². The van der Waals surface area contributed by atoms with Crippen LogP contribution in [-0.4, -0.2) is 11.3 Å². The van der Waals surface area contributed by atoms with Gasteiger partial charge in [0.2, 0.25) is 0 Å². The molecule has 0 aliphatic carbocycles. The largest absolute Gasteiger partial charge is 0.507 e. The summed E-state index contributed by atoms with van der Waals surface area (Å²) in [4.78, 5) is 4.50. The van der Waals surface area contributed by atoms with Gasteiger partial charge in [-0.25, -0.2) is 0 Å². The molecule has 0 saturated carbocycles. The van der Waals surface area contributed by atoms with Gasteiger partial charge in [-0.1, -0.05) is 65.8 Å². The lowest BCUT2D eigenvalue weighted by molar-refractivity contribution is 0.444. The Kier molecular flexibility index (Phi) is 4.65. The lowest BCUT2D eigenvalue weighted by Crippen LogP contribution is -2.17. The van der Waals surface area contributed by atoms with Crippen LogP contribution in [0.2, 0.25) is 0 Å². The van der Waals surface area contributed by atoms with Crippen molar-refractivity contribution in [3.8, 4) is 5.75 Å². The molecule has 0 amide bonds. The van der Waals surface area contributed by atoms with Crippen LogP contribution in [0.15, 0.2) is 47.5 Å². The van der Waals surface area contributed by atoms with E-state index in [-0.39, 0.29) is 10.8 Å². The summed E-state index contributed by atoms with van der Waals surface area (Å²) in [6, 6.07) is 13.9. The highest BCUT2D eigenvalue weighted by Gasteiger charge is 2.24. The summed E-state index contributed by atoms with van der Waals surface area (Å²) >= 11 is 0. The van der Waals surface area contributed by atoms with E-state index in [4.69, 9.17) is 0 Å². The standard InChI is InChI=1S/C21H27NO/c1-20(2,3)16-12-15(14-22-17-10-8-7-9-11-17)19(23)18(13-16)21(4,5)6/h7-14,23H,1-6H3/b22-14+. The molecule has 2 heteroatoms. The first kappa shape index (κ1) is 17.3. The fourth-order valence-corrected chi connectivity index (χ4v) is 2.42. The lowest BCUT2D eigenvalue weighted by Gasteiger charge is -2.26. The zero-order valence-corrected chi connectivity index (χ0v) is 15.0. The van der Waals surface area contributed by atoms with Crippen molar-refractivity contribution in [2.24, 2.45) is 4.99 Å². The molecule has 2 nitrogen and oxygen atoms in total. The Hall–Kier alpha value is -2.09. The van der Waals surface area contributed by atoms with Gasteiger partial charge in [0.05, 0.1) is 5.69 Å². The van der Waals surface area contributed by atoms with Crippen LogP contribution >= 0.6 is 0 Å². The van der Waals surface area contributed by atoms with Crippen LogP contribution in [0.25, 0.3) is 0 Å². The fourth-order valence-electron chi connectivity index (χ4n) is 2.42. The summed E-state index contributed by atoms with van der Waals surface area (Å²) in [6.07, 6.45) is 1.76. The van der Waals surface area contributed by atoms with Crippen molar-refractivity contribution in [1.29, 1.82) is 0 Å². The smallest absolute Gasteiger partial charge is 0.128 e. The molecule has 23 heavy (non-hydrogen) atoms. The van der Waals surface area contributed by atoms with Crippen molar-refractivity contribution in [2.75, 3.05) is 0 Å². The number of benzene rings is 2. The average molecular weight is 309 g/mol. The normalized spacial score (nSPS) is 12.8. The summed E-state index contributed by atoms with van der Waals surface area (Å²) in [6.45, 7) is 12.9. The van der Waals surface area contributed by atoms with Crippen molar-refractivity contribution in [3.05, 3.63) is 59.2 Å². The number of aliphatic imine (C=N–C) groups is 1. The van der Waals surface area contributed by atoms with Gasteiger partial charge in [0.1, 0.15) is 5.75 Å². The van der Waals surface area contributed by atoms with Gasteiger partial charge in [-0.15, -0.1) is 0 Å². The number of phenols is 1. The second-order valence-corrected chi connectivity index (χ2v) is 8.06. The number of para-hydroxylation sites is 1. The molecule has 0 unspecified atom stereocenters. The van der Waals surface area contributed by atoms with Crippen molar-refractivity contribution in [3.63, 3.8) is 0 Å². The van der Waals surface area contributed by atoms with Crippen molar-refractivity contribution < 1.29 is 5.11 Å². The molecule has 2 rings (SSSR count). The van der Waals surface area contributed by atoms with Crippen LogP contribution in [-0.2, 0) is 10.8 Å². The van der Waals surface area contributed by atoms with Crippen LogP contribution < -0.4 is 0 Å². The SMILES string of the molecule is CC(C)(C)c1cc(/C=N/c2ccccc2)c(O)c(C(C)(C)C)c1. The molecule has 2 aromatic rings. The molecule has 0 saturated heterocycles. The van der Waals surface area contributed by atoms with Gasteiger partial charge in [-0.3, -0.25) is 4.99 Å². The van der Waals surface area contributed by atoms with Crippen molar-refractivity contribution >= 4 is 11.9 Å². The predicted octanol–water partition coefficient (Wildman–Crippen LogP) is 5.74. The Morgan fingerprint density at radius 1 is 0.870 bits per heavy atom. The Balaban J connectivity index is 2.56. The number of phenolic OH excluding ortho intramolecular Hbond substituents is 1. The molecule has 0 heterocycles. The molecular weight excluding hydrogens is 282 g/mol. The van der Waals surface area contributed by atoms with Gasteiger partial charge in [0, 0.05) is 17.3 Å². The Morgan fingerprint density at radius 3 is 2.00 bits per heavy atom. The Morgan fingerprint density at radius 2 is 1.48 bits per heavy atom. The predicted molar refractivity (Wildman–Crippen MR) is 99.2 cm³/mol. The Labute approximate surface area is 139 Å². The molecule has 0 aromatic heterocycles. The first-order chi connectivity index (χ1) is 10.6. The molecule has 0 atom stereocenters. The summed E-state index contributed by atoms with van der Waals surface area (Å²) < 4.78 is 0. The van der Waals surface area contributed by atoms with E-state index >= 15 is 0 Å². The zero-order valence-electron chi connectivity index (χ0n) is 15.0. The zero-order chi connectivity index (χ0) is 17.3. The minimum atomic E-state index is -0.124. The quantitative estimate of drug-likeness (QED) is 0.705. The lowest BCUT2D eigenvalue weighted by atomic mass is 9.79. The van der Waals surface area contributed by atoms with Gasteiger partial charge in [-0.2, -0.15) is 0 Å². The maximum Gasteiger partial charge on any atom is 0.128 e. The highest BCUT2D eigenvalue weighted by Crippen LogP contribution is 2.37. The molecule has 122 valence electrons. The molecule has 0 aliphatic rings. The van der Waals surface area contributed by atoms with E-state index in [2.05, 4.69) is 52.6 Å². The van der Waals surface area contributed by atoms with Crippen molar-refractivity contribution in [1.82, 2.24) is 0 Å². The molecule has 0 spiro atoms. The topological polar surface area (TPSA) is 32.6 Å². The minimum absolute atomic E-state index is 0.0169.